The molecule has 60 heavy (non-hydrogen) atoms. The van der Waals surface area contributed by atoms with Gasteiger partial charge in [-0.2, -0.15) is 0 Å². The maximum Gasteiger partial charge on any atom is 0.343 e. The highest BCUT2D eigenvalue weighted by atomic mass is 32.1. The molecule has 0 N–H and O–H groups in total. The molecule has 0 atom stereocenters. The van der Waals surface area contributed by atoms with Crippen LogP contribution in [0.2, 0.25) is 0 Å². The topological polar surface area (TPSA) is 105 Å². The van der Waals surface area contributed by atoms with E-state index in [1.165, 1.54) is 22.7 Å². The number of benzene rings is 8. The van der Waals surface area contributed by atoms with Crippen LogP contribution in [0.1, 0.15) is 20.7 Å². The summed E-state index contributed by atoms with van der Waals surface area (Å²) in [6.45, 7) is 0. The van der Waals surface area contributed by atoms with Crippen LogP contribution in [0.15, 0.2) is 155 Å². The van der Waals surface area contributed by atoms with Crippen molar-refractivity contribution >= 4 is 96.5 Å². The third-order valence-corrected chi connectivity index (χ3v) is 13.0. The fraction of sp³-hybridized carbons (Fsp3) is 0.0400. The van der Waals surface area contributed by atoms with Gasteiger partial charge in [0.25, 0.3) is 0 Å². The molecule has 8 aromatic carbocycles. The lowest BCUT2D eigenvalue weighted by Gasteiger charge is -2.19. The molecule has 2 aromatic heterocycles. The van der Waals surface area contributed by atoms with Crippen molar-refractivity contribution in [1.82, 2.24) is 0 Å². The van der Waals surface area contributed by atoms with Crippen LogP contribution in [0.25, 0.3) is 73.0 Å². The molecule has 0 aliphatic rings. The van der Waals surface area contributed by atoms with Gasteiger partial charge in [-0.25, -0.2) is 9.59 Å². The van der Waals surface area contributed by atoms with Gasteiger partial charge in [-0.05, 0) is 106 Å². The van der Waals surface area contributed by atoms with Crippen LogP contribution >= 0.6 is 22.7 Å². The van der Waals surface area contributed by atoms with E-state index < -0.39 is 11.9 Å². The molecular formula is C50H30O8S2. The molecule has 10 rings (SSSR count). The zero-order valence-corrected chi connectivity index (χ0v) is 33.6. The smallest absolute Gasteiger partial charge is 0.343 e. The van der Waals surface area contributed by atoms with E-state index in [0.717, 1.165) is 40.3 Å². The second-order valence-corrected chi connectivity index (χ2v) is 16.3. The Labute approximate surface area is 349 Å². The summed E-state index contributed by atoms with van der Waals surface area (Å²) in [4.78, 5) is 55.8. The van der Waals surface area contributed by atoms with Gasteiger partial charge in [-0.3, -0.25) is 9.59 Å². The molecule has 10 aromatic rings. The molecule has 0 fully saturated rings. The standard InChI is InChI=1S/C50H30O8S2/c1-55-31-15-21-43-37(25-31)47(51)35-23-29(13-19-41(35)59-43)49(53)57-39-17-11-27-7-3-5-9-33(27)45(39)46-34-10-6-4-8-28(34)12-18-40(46)58-50(54)30-14-20-42-36(24-30)48(52)38-26-32(56-2)16-22-44(38)60-42/h3-26H,1-2H3. The van der Waals surface area contributed by atoms with Crippen LogP contribution in [-0.2, 0) is 0 Å². The predicted molar refractivity (Wildman–Crippen MR) is 241 cm³/mol. The second-order valence-electron chi connectivity index (χ2n) is 14.1. The number of carbonyl (C=O) groups is 2. The molecule has 290 valence electrons. The molecule has 8 nitrogen and oxygen atoms in total. The molecule has 0 spiro atoms. The van der Waals surface area contributed by atoms with Crippen LogP contribution in [0, 0.1) is 0 Å². The van der Waals surface area contributed by atoms with Crippen molar-refractivity contribution in [3.63, 3.8) is 0 Å². The van der Waals surface area contributed by atoms with Crippen molar-refractivity contribution in [2.24, 2.45) is 0 Å². The maximum atomic E-state index is 14.2. The Morgan fingerprint density at radius 3 is 1.22 bits per heavy atom. The fourth-order valence-corrected chi connectivity index (χ4v) is 9.75. The van der Waals surface area contributed by atoms with Crippen LogP contribution in [0.5, 0.6) is 23.0 Å². The van der Waals surface area contributed by atoms with E-state index in [-0.39, 0.29) is 33.5 Å². The number of esters is 2. The van der Waals surface area contributed by atoms with E-state index >= 15 is 0 Å². The number of carbonyl (C=O) groups excluding carboxylic acids is 2. The van der Waals surface area contributed by atoms with Gasteiger partial charge in [0.1, 0.15) is 23.0 Å². The monoisotopic (exact) mass is 822 g/mol. The molecule has 2 heterocycles. The molecule has 0 aliphatic carbocycles. The first-order valence-corrected chi connectivity index (χ1v) is 20.5. The third kappa shape index (κ3) is 6.30. The lowest BCUT2D eigenvalue weighted by molar-refractivity contribution is 0.0723. The maximum absolute atomic E-state index is 14.2. The van der Waals surface area contributed by atoms with E-state index in [4.69, 9.17) is 18.9 Å². The quantitative estimate of drug-likeness (QED) is 0.0889. The fourth-order valence-electron chi connectivity index (χ4n) is 7.69. The first-order valence-electron chi connectivity index (χ1n) is 18.9. The Morgan fingerprint density at radius 1 is 0.417 bits per heavy atom. The molecule has 0 saturated heterocycles. The zero-order chi connectivity index (χ0) is 41.1. The molecule has 0 aliphatic heterocycles. The molecule has 0 bridgehead atoms. The van der Waals surface area contributed by atoms with Crippen molar-refractivity contribution in [2.45, 2.75) is 0 Å². The number of fused-ring (bicyclic) bond motifs is 6. The van der Waals surface area contributed by atoms with Gasteiger partial charge in [0.15, 0.2) is 10.9 Å². The minimum atomic E-state index is -0.668. The Balaban J connectivity index is 1.08. The van der Waals surface area contributed by atoms with Crippen molar-refractivity contribution in [3.05, 3.63) is 177 Å². The van der Waals surface area contributed by atoms with Gasteiger partial charge in [0.2, 0.25) is 0 Å². The number of hydrogen-bond donors (Lipinski definition) is 0. The first kappa shape index (κ1) is 36.9. The van der Waals surface area contributed by atoms with Gasteiger partial charge in [-0.15, -0.1) is 22.7 Å². The minimum Gasteiger partial charge on any atom is -0.497 e. The Morgan fingerprint density at radius 2 is 0.800 bits per heavy atom. The SMILES string of the molecule is COc1ccc2sc3ccc(C(=O)Oc4ccc5ccccc5c4-c4c(OC(=O)c5ccc6sc7ccc(OC)cc7c(=O)c6c5)ccc5ccccc45)cc3c(=O)c2c1. The van der Waals surface area contributed by atoms with Gasteiger partial charge in [0.05, 0.1) is 25.3 Å². The van der Waals surface area contributed by atoms with E-state index in [2.05, 4.69) is 0 Å². The number of rotatable bonds is 7. The Kier molecular flexibility index (Phi) is 9.08. The minimum absolute atomic E-state index is 0.193. The molecule has 10 heteroatoms. The van der Waals surface area contributed by atoms with Gasteiger partial charge in [-0.1, -0.05) is 60.7 Å². The van der Waals surface area contributed by atoms with Crippen molar-refractivity contribution < 1.29 is 28.5 Å². The van der Waals surface area contributed by atoms with Gasteiger partial charge >= 0.3 is 11.9 Å². The molecule has 0 saturated carbocycles. The Bertz CT molecular complexity index is 3330. The highest BCUT2D eigenvalue weighted by Crippen LogP contribution is 2.46. The Hall–Kier alpha value is -7.40. The van der Waals surface area contributed by atoms with Crippen LogP contribution in [0.3, 0.4) is 0 Å². The normalized spacial score (nSPS) is 11.4. The summed E-state index contributed by atoms with van der Waals surface area (Å²) in [6.07, 6.45) is 0. The van der Waals surface area contributed by atoms with Crippen molar-refractivity contribution in [1.29, 1.82) is 0 Å². The summed E-state index contributed by atoms with van der Waals surface area (Å²) in [6, 6.07) is 43.3. The average Bonchev–Trinajstić information content (AvgIpc) is 3.29. The van der Waals surface area contributed by atoms with Crippen LogP contribution < -0.4 is 29.8 Å². The largest absolute Gasteiger partial charge is 0.497 e. The summed E-state index contributed by atoms with van der Waals surface area (Å²) in [7, 11) is 3.09. The van der Waals surface area contributed by atoms with E-state index in [1.54, 1.807) is 74.9 Å². The summed E-state index contributed by atoms with van der Waals surface area (Å²) in [5, 5.41) is 5.02. The molecule has 0 amide bonds. The molecule has 0 unspecified atom stereocenters. The lowest BCUT2D eigenvalue weighted by atomic mass is 9.92. The van der Waals surface area contributed by atoms with E-state index in [9.17, 15) is 19.2 Å². The molecular weight excluding hydrogens is 793 g/mol. The third-order valence-electron chi connectivity index (χ3n) is 10.7. The van der Waals surface area contributed by atoms with E-state index in [1.807, 2.05) is 84.9 Å². The lowest BCUT2D eigenvalue weighted by Crippen LogP contribution is -2.12. The number of hydrogen-bond acceptors (Lipinski definition) is 10. The first-order chi connectivity index (χ1) is 29.3. The zero-order valence-electron chi connectivity index (χ0n) is 31.9. The van der Waals surface area contributed by atoms with Gasteiger partial charge < -0.3 is 18.9 Å². The molecule has 0 radical (unpaired) electrons. The number of ether oxygens (including phenoxy) is 4. The highest BCUT2D eigenvalue weighted by Gasteiger charge is 2.24. The van der Waals surface area contributed by atoms with Crippen LogP contribution in [0.4, 0.5) is 0 Å². The van der Waals surface area contributed by atoms with E-state index in [0.29, 0.717) is 44.2 Å². The van der Waals surface area contributed by atoms with Crippen LogP contribution in [-0.4, -0.2) is 26.2 Å². The van der Waals surface area contributed by atoms with Crippen molar-refractivity contribution in [2.75, 3.05) is 14.2 Å². The summed E-state index contributed by atoms with van der Waals surface area (Å²) in [5.74, 6) is 0.246. The summed E-state index contributed by atoms with van der Waals surface area (Å²) >= 11 is 2.90. The second kappa shape index (κ2) is 14.8. The van der Waals surface area contributed by atoms with Crippen molar-refractivity contribution in [3.8, 4) is 34.1 Å². The average molecular weight is 823 g/mol. The predicted octanol–water partition coefficient (Wildman–Crippen LogP) is 11.6. The summed E-state index contributed by atoms with van der Waals surface area (Å²) < 4.78 is 26.3. The summed E-state index contributed by atoms with van der Waals surface area (Å²) in [5.41, 5.74) is 1.03. The number of methoxy groups -OCH3 is 2. The van der Waals surface area contributed by atoms with Gasteiger partial charge in [0, 0.05) is 51.5 Å². The highest BCUT2D eigenvalue weighted by molar-refractivity contribution is 7.25.